The highest BCUT2D eigenvalue weighted by Crippen LogP contribution is 2.47. The van der Waals surface area contributed by atoms with Crippen molar-refractivity contribution in [3.8, 4) is 5.75 Å². The smallest absolute Gasteiger partial charge is 0.406 e. The van der Waals surface area contributed by atoms with Gasteiger partial charge in [0.25, 0.3) is 0 Å². The Labute approximate surface area is 203 Å². The van der Waals surface area contributed by atoms with Crippen LogP contribution in [0.2, 0.25) is 0 Å². The monoisotopic (exact) mass is 536 g/mol. The third kappa shape index (κ3) is 6.30. The molecule has 36 heavy (non-hydrogen) atoms. The number of halogens is 6. The summed E-state index contributed by atoms with van der Waals surface area (Å²) in [6, 6.07) is 7.92. The fourth-order valence-corrected chi connectivity index (χ4v) is 5.51. The van der Waals surface area contributed by atoms with E-state index < -0.39 is 33.9 Å². The Balaban J connectivity index is 1.35. The van der Waals surface area contributed by atoms with Crippen LogP contribution >= 0.6 is 0 Å². The molecule has 1 saturated carbocycles. The minimum Gasteiger partial charge on any atom is -0.406 e. The number of piperidine rings is 1. The molecule has 1 aliphatic carbocycles. The van der Waals surface area contributed by atoms with E-state index in [0.29, 0.717) is 24.1 Å². The average molecular weight is 536 g/mol. The first-order valence-corrected chi connectivity index (χ1v) is 12.5. The van der Waals surface area contributed by atoms with Gasteiger partial charge in [-0.25, -0.2) is 8.42 Å². The van der Waals surface area contributed by atoms with Crippen molar-refractivity contribution in [2.24, 2.45) is 5.16 Å². The van der Waals surface area contributed by atoms with E-state index in [1.165, 1.54) is 10.4 Å². The van der Waals surface area contributed by atoms with Gasteiger partial charge in [0.2, 0.25) is 10.0 Å². The van der Waals surface area contributed by atoms with Crippen LogP contribution < -0.4 is 4.74 Å². The van der Waals surface area contributed by atoms with E-state index in [-0.39, 0.29) is 48.9 Å². The zero-order valence-corrected chi connectivity index (χ0v) is 19.6. The molecule has 2 aliphatic rings. The molecule has 0 N–H and O–H groups in total. The second kappa shape index (κ2) is 9.92. The minimum atomic E-state index is -4.88. The largest absolute Gasteiger partial charge is 0.573 e. The maximum Gasteiger partial charge on any atom is 0.573 e. The second-order valence-corrected chi connectivity index (χ2v) is 10.4. The summed E-state index contributed by atoms with van der Waals surface area (Å²) in [7, 11) is -3.94. The molecule has 0 aromatic heterocycles. The number of hydrogen-bond acceptors (Lipinski definition) is 5. The minimum absolute atomic E-state index is 0.0716. The lowest BCUT2D eigenvalue weighted by atomic mass is 9.97. The van der Waals surface area contributed by atoms with Gasteiger partial charge in [-0.2, -0.15) is 17.5 Å². The number of sulfonamides is 1. The summed E-state index contributed by atoms with van der Waals surface area (Å²) in [4.78, 5) is 5.18. The number of hydrogen-bond donors (Lipinski definition) is 0. The highest BCUT2D eigenvalue weighted by molar-refractivity contribution is 7.89. The first-order chi connectivity index (χ1) is 16.8. The highest BCUT2D eigenvalue weighted by Gasteiger charge is 2.39. The lowest BCUT2D eigenvalue weighted by molar-refractivity contribution is -0.274. The molecule has 196 valence electrons. The van der Waals surface area contributed by atoms with E-state index >= 15 is 0 Å². The Morgan fingerprint density at radius 1 is 0.944 bits per heavy atom. The van der Waals surface area contributed by atoms with Gasteiger partial charge in [-0.05, 0) is 60.2 Å². The summed E-state index contributed by atoms with van der Waals surface area (Å²) in [5.41, 5.74) is 0.581. The van der Waals surface area contributed by atoms with E-state index in [0.717, 1.165) is 30.3 Å². The standard InChI is InChI=1S/C23H22F6N2O4S/c24-22(25,26)20-3-1-2-16(21(20)15-4-5-15)14-34-30-17-10-12-31(13-11-17)36(32,33)19-8-6-18(7-9-19)35-23(27,28)29/h1-3,6-9,15H,4-5,10-14H2. The molecule has 2 fully saturated rings. The number of alkyl halides is 6. The first kappa shape index (κ1) is 26.3. The van der Waals surface area contributed by atoms with Crippen molar-refractivity contribution in [1.29, 1.82) is 0 Å². The van der Waals surface area contributed by atoms with Gasteiger partial charge in [-0.3, -0.25) is 0 Å². The first-order valence-electron chi connectivity index (χ1n) is 11.1. The quantitative estimate of drug-likeness (QED) is 0.330. The molecule has 2 aromatic rings. The molecule has 2 aromatic carbocycles. The zero-order chi connectivity index (χ0) is 26.1. The van der Waals surface area contributed by atoms with Crippen LogP contribution in [0.25, 0.3) is 0 Å². The number of rotatable bonds is 7. The molecule has 1 heterocycles. The molecular formula is C23H22F6N2O4S. The highest BCUT2D eigenvalue weighted by atomic mass is 32.2. The number of benzene rings is 2. The number of ether oxygens (including phenoxy) is 1. The SMILES string of the molecule is O=S(=O)(c1ccc(OC(F)(F)F)cc1)N1CCC(=NOCc2cccc(C(F)(F)F)c2C2CC2)CC1. The van der Waals surface area contributed by atoms with Crippen molar-refractivity contribution in [1.82, 2.24) is 4.31 Å². The van der Waals surface area contributed by atoms with Crippen LogP contribution in [0.1, 0.15) is 48.3 Å². The van der Waals surface area contributed by atoms with E-state index in [9.17, 15) is 34.8 Å². The molecule has 4 rings (SSSR count). The van der Waals surface area contributed by atoms with Crippen molar-refractivity contribution in [2.45, 2.75) is 55.6 Å². The van der Waals surface area contributed by atoms with Gasteiger partial charge >= 0.3 is 12.5 Å². The maximum absolute atomic E-state index is 13.4. The van der Waals surface area contributed by atoms with Crippen molar-refractivity contribution in [2.75, 3.05) is 13.1 Å². The van der Waals surface area contributed by atoms with Crippen molar-refractivity contribution in [3.05, 3.63) is 59.2 Å². The van der Waals surface area contributed by atoms with Crippen LogP contribution in [0.15, 0.2) is 52.5 Å². The number of nitrogens with zero attached hydrogens (tertiary/aromatic N) is 2. The molecule has 0 radical (unpaired) electrons. The molecule has 0 bridgehead atoms. The van der Waals surface area contributed by atoms with Crippen LogP contribution in [0, 0.1) is 0 Å². The van der Waals surface area contributed by atoms with Gasteiger partial charge in [0.1, 0.15) is 12.4 Å². The molecule has 1 saturated heterocycles. The molecular weight excluding hydrogens is 514 g/mol. The van der Waals surface area contributed by atoms with Crippen LogP contribution in [-0.2, 0) is 27.6 Å². The van der Waals surface area contributed by atoms with Crippen molar-refractivity contribution < 1.29 is 44.3 Å². The molecule has 1 aliphatic heterocycles. The summed E-state index contributed by atoms with van der Waals surface area (Å²) >= 11 is 0. The van der Waals surface area contributed by atoms with Crippen LogP contribution in [0.3, 0.4) is 0 Å². The fraction of sp³-hybridized carbons (Fsp3) is 0.435. The van der Waals surface area contributed by atoms with Gasteiger partial charge in [0.05, 0.1) is 16.2 Å². The summed E-state index contributed by atoms with van der Waals surface area (Å²) < 4.78 is 108. The zero-order valence-electron chi connectivity index (χ0n) is 18.8. The van der Waals surface area contributed by atoms with Gasteiger partial charge < -0.3 is 9.57 Å². The third-order valence-electron chi connectivity index (χ3n) is 5.90. The van der Waals surface area contributed by atoms with Gasteiger partial charge in [0.15, 0.2) is 0 Å². The van der Waals surface area contributed by atoms with E-state index in [1.807, 2.05) is 0 Å². The molecule has 0 unspecified atom stereocenters. The Morgan fingerprint density at radius 2 is 1.58 bits per heavy atom. The van der Waals surface area contributed by atoms with E-state index in [2.05, 4.69) is 9.89 Å². The number of oxime groups is 1. The van der Waals surface area contributed by atoms with Crippen LogP contribution in [0.4, 0.5) is 26.3 Å². The Morgan fingerprint density at radius 3 is 2.14 bits per heavy atom. The van der Waals surface area contributed by atoms with Gasteiger partial charge in [-0.1, -0.05) is 17.3 Å². The predicted molar refractivity (Wildman–Crippen MR) is 117 cm³/mol. The summed E-state index contributed by atoms with van der Waals surface area (Å²) in [6.45, 7) is 0.0119. The topological polar surface area (TPSA) is 68.2 Å². The lowest BCUT2D eigenvalue weighted by Gasteiger charge is -2.26. The van der Waals surface area contributed by atoms with Crippen LogP contribution in [-0.4, -0.2) is 37.9 Å². The van der Waals surface area contributed by atoms with Crippen LogP contribution in [0.5, 0.6) is 5.75 Å². The third-order valence-corrected chi connectivity index (χ3v) is 7.81. The van der Waals surface area contributed by atoms with E-state index in [4.69, 9.17) is 4.84 Å². The Bertz CT molecular complexity index is 1210. The summed E-state index contributed by atoms with van der Waals surface area (Å²) in [5, 5.41) is 4.02. The molecule has 0 amide bonds. The molecule has 0 spiro atoms. The molecule has 6 nitrogen and oxygen atoms in total. The maximum atomic E-state index is 13.4. The Hall–Kier alpha value is -2.80. The summed E-state index contributed by atoms with van der Waals surface area (Å²) in [6.07, 6.45) is -7.47. The van der Waals surface area contributed by atoms with E-state index in [1.54, 1.807) is 6.07 Å². The fourth-order valence-electron chi connectivity index (χ4n) is 4.07. The normalized spacial score (nSPS) is 17.7. The average Bonchev–Trinajstić information content (AvgIpc) is 3.63. The van der Waals surface area contributed by atoms with Crippen molar-refractivity contribution in [3.63, 3.8) is 0 Å². The van der Waals surface area contributed by atoms with Gasteiger partial charge in [-0.15, -0.1) is 13.2 Å². The summed E-state index contributed by atoms with van der Waals surface area (Å²) in [5.74, 6) is -0.672. The molecule has 0 atom stereocenters. The van der Waals surface area contributed by atoms with Crippen molar-refractivity contribution >= 4 is 15.7 Å². The lowest BCUT2D eigenvalue weighted by Crippen LogP contribution is -2.38. The van der Waals surface area contributed by atoms with Gasteiger partial charge in [0, 0.05) is 25.9 Å². The molecule has 13 heteroatoms. The Kier molecular flexibility index (Phi) is 7.24. The second-order valence-electron chi connectivity index (χ2n) is 8.50. The predicted octanol–water partition coefficient (Wildman–Crippen LogP) is 5.84.